The highest BCUT2D eigenvalue weighted by atomic mass is 79.9. The fourth-order valence-electron chi connectivity index (χ4n) is 2.50. The maximum absolute atomic E-state index is 11.3. The number of benzene rings is 1. The number of hydrogen-bond donors (Lipinski definition) is 0. The van der Waals surface area contributed by atoms with E-state index in [2.05, 4.69) is 41.1 Å². The van der Waals surface area contributed by atoms with E-state index in [0.29, 0.717) is 0 Å². The molecule has 0 atom stereocenters. The first-order valence-corrected chi connectivity index (χ1v) is 6.20. The molecule has 0 amide bonds. The highest BCUT2D eigenvalue weighted by Gasteiger charge is 2.35. The standard InChI is InChI=1S/C13H15BrO/c1-10-6-11(8-12(14)7-10)13(9-15)4-2-3-5-13/h6-9H,2-5H2,1H3. The zero-order valence-electron chi connectivity index (χ0n) is 8.92. The van der Waals surface area contributed by atoms with E-state index in [-0.39, 0.29) is 5.41 Å². The Morgan fingerprint density at radius 2 is 1.93 bits per heavy atom. The molecule has 15 heavy (non-hydrogen) atoms. The predicted molar refractivity (Wildman–Crippen MR) is 65.1 cm³/mol. The van der Waals surface area contributed by atoms with E-state index >= 15 is 0 Å². The zero-order chi connectivity index (χ0) is 10.9. The van der Waals surface area contributed by atoms with Gasteiger partial charge in [0.1, 0.15) is 6.29 Å². The van der Waals surface area contributed by atoms with Crippen LogP contribution in [0.4, 0.5) is 0 Å². The molecule has 0 bridgehead atoms. The van der Waals surface area contributed by atoms with Gasteiger partial charge in [0.25, 0.3) is 0 Å². The molecule has 1 fully saturated rings. The number of hydrogen-bond acceptors (Lipinski definition) is 1. The number of rotatable bonds is 2. The minimum absolute atomic E-state index is 0.200. The van der Waals surface area contributed by atoms with Crippen LogP contribution in [0.1, 0.15) is 36.8 Å². The summed E-state index contributed by atoms with van der Waals surface area (Å²) in [4.78, 5) is 11.3. The van der Waals surface area contributed by atoms with Crippen LogP contribution in [0.25, 0.3) is 0 Å². The molecule has 2 rings (SSSR count). The van der Waals surface area contributed by atoms with Crippen molar-refractivity contribution in [1.29, 1.82) is 0 Å². The van der Waals surface area contributed by atoms with Crippen LogP contribution in [-0.4, -0.2) is 6.29 Å². The molecule has 0 aliphatic heterocycles. The Kier molecular flexibility index (Phi) is 2.96. The summed E-state index contributed by atoms with van der Waals surface area (Å²) in [5.41, 5.74) is 2.20. The average Bonchev–Trinajstić information content (AvgIpc) is 2.65. The Morgan fingerprint density at radius 3 is 2.47 bits per heavy atom. The van der Waals surface area contributed by atoms with Crippen molar-refractivity contribution in [3.8, 4) is 0 Å². The molecule has 0 radical (unpaired) electrons. The fraction of sp³-hybridized carbons (Fsp3) is 0.462. The summed E-state index contributed by atoms with van der Waals surface area (Å²) in [6.45, 7) is 2.07. The van der Waals surface area contributed by atoms with Crippen molar-refractivity contribution in [2.45, 2.75) is 38.0 Å². The molecule has 1 saturated carbocycles. The Labute approximate surface area is 99.0 Å². The summed E-state index contributed by atoms with van der Waals surface area (Å²) in [6.07, 6.45) is 5.51. The maximum Gasteiger partial charge on any atom is 0.130 e. The van der Waals surface area contributed by atoms with Crippen LogP contribution in [-0.2, 0) is 10.2 Å². The summed E-state index contributed by atoms with van der Waals surface area (Å²) >= 11 is 3.50. The molecule has 0 spiro atoms. The lowest BCUT2D eigenvalue weighted by Gasteiger charge is -2.23. The molecular weight excluding hydrogens is 252 g/mol. The molecule has 0 heterocycles. The fourth-order valence-corrected chi connectivity index (χ4v) is 3.11. The van der Waals surface area contributed by atoms with Crippen LogP contribution < -0.4 is 0 Å². The molecule has 2 heteroatoms. The van der Waals surface area contributed by atoms with E-state index in [9.17, 15) is 4.79 Å². The van der Waals surface area contributed by atoms with Gasteiger partial charge in [-0.1, -0.05) is 34.8 Å². The quantitative estimate of drug-likeness (QED) is 0.745. The summed E-state index contributed by atoms with van der Waals surface area (Å²) in [7, 11) is 0. The number of carbonyl (C=O) groups excluding carboxylic acids is 1. The third-order valence-corrected chi connectivity index (χ3v) is 3.80. The first-order valence-electron chi connectivity index (χ1n) is 5.40. The lowest BCUT2D eigenvalue weighted by atomic mass is 9.80. The third-order valence-electron chi connectivity index (χ3n) is 3.34. The van der Waals surface area contributed by atoms with Gasteiger partial charge in [-0.3, -0.25) is 0 Å². The van der Waals surface area contributed by atoms with Crippen LogP contribution in [0, 0.1) is 6.92 Å². The summed E-state index contributed by atoms with van der Waals surface area (Å²) in [5.74, 6) is 0. The summed E-state index contributed by atoms with van der Waals surface area (Å²) in [5, 5.41) is 0. The molecule has 1 aromatic rings. The van der Waals surface area contributed by atoms with Gasteiger partial charge in [0.05, 0.1) is 5.41 Å². The van der Waals surface area contributed by atoms with Crippen molar-refractivity contribution in [2.24, 2.45) is 0 Å². The first-order chi connectivity index (χ1) is 7.16. The van der Waals surface area contributed by atoms with E-state index in [4.69, 9.17) is 0 Å². The van der Waals surface area contributed by atoms with E-state index in [0.717, 1.165) is 23.6 Å². The van der Waals surface area contributed by atoms with Crippen LogP contribution in [0.5, 0.6) is 0 Å². The lowest BCUT2D eigenvalue weighted by Crippen LogP contribution is -2.23. The highest BCUT2D eigenvalue weighted by Crippen LogP contribution is 2.40. The van der Waals surface area contributed by atoms with Gasteiger partial charge >= 0.3 is 0 Å². The number of aryl methyl sites for hydroxylation is 1. The number of aldehydes is 1. The molecule has 1 nitrogen and oxygen atoms in total. The molecule has 80 valence electrons. The second-order valence-corrected chi connectivity index (χ2v) is 5.41. The minimum atomic E-state index is -0.200. The van der Waals surface area contributed by atoms with E-state index in [1.165, 1.54) is 24.0 Å². The zero-order valence-corrected chi connectivity index (χ0v) is 10.5. The molecule has 1 aromatic carbocycles. The van der Waals surface area contributed by atoms with Gasteiger partial charge in [-0.2, -0.15) is 0 Å². The Balaban J connectivity index is 2.46. The van der Waals surface area contributed by atoms with Crippen molar-refractivity contribution in [3.63, 3.8) is 0 Å². The number of halogens is 1. The van der Waals surface area contributed by atoms with Gasteiger partial charge in [0.2, 0.25) is 0 Å². The third kappa shape index (κ3) is 2.00. The largest absolute Gasteiger partial charge is 0.302 e. The number of carbonyl (C=O) groups is 1. The smallest absolute Gasteiger partial charge is 0.130 e. The molecule has 0 saturated heterocycles. The van der Waals surface area contributed by atoms with Gasteiger partial charge in [0, 0.05) is 4.47 Å². The van der Waals surface area contributed by atoms with E-state index < -0.39 is 0 Å². The topological polar surface area (TPSA) is 17.1 Å². The Hall–Kier alpha value is -0.630. The predicted octanol–water partition coefficient (Wildman–Crippen LogP) is 3.77. The summed E-state index contributed by atoms with van der Waals surface area (Å²) < 4.78 is 1.07. The normalized spacial score (nSPS) is 19.1. The second kappa shape index (κ2) is 4.09. The van der Waals surface area contributed by atoms with Crippen LogP contribution in [0.15, 0.2) is 22.7 Å². The highest BCUT2D eigenvalue weighted by molar-refractivity contribution is 9.10. The SMILES string of the molecule is Cc1cc(Br)cc(C2(C=O)CCCC2)c1. The van der Waals surface area contributed by atoms with Gasteiger partial charge < -0.3 is 4.79 Å². The van der Waals surface area contributed by atoms with Crippen molar-refractivity contribution in [2.75, 3.05) is 0 Å². The van der Waals surface area contributed by atoms with Gasteiger partial charge in [-0.05, 0) is 43.0 Å². The van der Waals surface area contributed by atoms with E-state index in [1.807, 2.05) is 0 Å². The monoisotopic (exact) mass is 266 g/mol. The molecule has 0 unspecified atom stereocenters. The Bertz CT molecular complexity index is 358. The first kappa shape index (κ1) is 10.9. The van der Waals surface area contributed by atoms with Gasteiger partial charge in [-0.15, -0.1) is 0 Å². The summed E-state index contributed by atoms with van der Waals surface area (Å²) in [6, 6.07) is 6.31. The molecule has 1 aliphatic rings. The Morgan fingerprint density at radius 1 is 1.27 bits per heavy atom. The van der Waals surface area contributed by atoms with Crippen molar-refractivity contribution in [3.05, 3.63) is 33.8 Å². The van der Waals surface area contributed by atoms with Crippen molar-refractivity contribution >= 4 is 22.2 Å². The maximum atomic E-state index is 11.3. The second-order valence-electron chi connectivity index (χ2n) is 4.50. The van der Waals surface area contributed by atoms with Crippen LogP contribution >= 0.6 is 15.9 Å². The van der Waals surface area contributed by atoms with Crippen LogP contribution in [0.3, 0.4) is 0 Å². The molecule has 1 aliphatic carbocycles. The molecular formula is C13H15BrO. The average molecular weight is 267 g/mol. The van der Waals surface area contributed by atoms with Gasteiger partial charge in [-0.25, -0.2) is 0 Å². The lowest BCUT2D eigenvalue weighted by molar-refractivity contribution is -0.112. The molecule has 0 aromatic heterocycles. The van der Waals surface area contributed by atoms with Gasteiger partial charge in [0.15, 0.2) is 0 Å². The van der Waals surface area contributed by atoms with E-state index in [1.54, 1.807) is 0 Å². The molecule has 0 N–H and O–H groups in total. The minimum Gasteiger partial charge on any atom is -0.302 e. The van der Waals surface area contributed by atoms with Crippen LogP contribution in [0.2, 0.25) is 0 Å². The van der Waals surface area contributed by atoms with Crippen molar-refractivity contribution < 1.29 is 4.79 Å². The van der Waals surface area contributed by atoms with Crippen molar-refractivity contribution in [1.82, 2.24) is 0 Å².